The molecule has 0 aliphatic carbocycles. The smallest absolute Gasteiger partial charge is 0.246 e. The highest BCUT2D eigenvalue weighted by atomic mass is 16.5. The molecule has 0 spiro atoms. The molecular formula is C20H25N3O2. The molecule has 1 amide bonds. The summed E-state index contributed by atoms with van der Waals surface area (Å²) in [6.07, 6.45) is 10.4. The average molecular weight is 339 g/mol. The normalized spacial score (nSPS) is 17.8. The molecule has 1 aliphatic rings. The van der Waals surface area contributed by atoms with Gasteiger partial charge in [-0.1, -0.05) is 12.1 Å². The molecule has 1 fully saturated rings. The molecule has 5 heteroatoms. The molecule has 1 aliphatic heterocycles. The fraction of sp³-hybridized carbons (Fsp3) is 0.400. The Labute approximate surface area is 148 Å². The van der Waals surface area contributed by atoms with Gasteiger partial charge in [0, 0.05) is 45.0 Å². The Morgan fingerprint density at radius 3 is 3.08 bits per heavy atom. The SMILES string of the molecule is COc1cccc(/C=C/C(=O)N2CCCC(Cc3nccn3C)C2)c1. The van der Waals surface area contributed by atoms with Crippen LogP contribution in [0.15, 0.2) is 42.7 Å². The van der Waals surface area contributed by atoms with Gasteiger partial charge in [-0.25, -0.2) is 4.98 Å². The van der Waals surface area contributed by atoms with Crippen molar-refractivity contribution in [3.05, 3.63) is 54.1 Å². The standard InChI is InChI=1S/C20H25N3O2/c1-22-12-10-21-19(22)14-17-6-4-11-23(15-17)20(24)9-8-16-5-3-7-18(13-16)25-2/h3,5,7-10,12-13,17H,4,6,11,14-15H2,1-2H3/b9-8+. The maximum atomic E-state index is 12.5. The number of methoxy groups -OCH3 is 1. The summed E-state index contributed by atoms with van der Waals surface area (Å²) in [5, 5.41) is 0. The first-order valence-electron chi connectivity index (χ1n) is 8.73. The molecule has 25 heavy (non-hydrogen) atoms. The van der Waals surface area contributed by atoms with Crippen molar-refractivity contribution in [3.8, 4) is 5.75 Å². The lowest BCUT2D eigenvalue weighted by atomic mass is 9.94. The number of hydrogen-bond donors (Lipinski definition) is 0. The van der Waals surface area contributed by atoms with E-state index in [1.54, 1.807) is 13.2 Å². The van der Waals surface area contributed by atoms with E-state index in [-0.39, 0.29) is 5.91 Å². The fourth-order valence-electron chi connectivity index (χ4n) is 3.30. The Morgan fingerprint density at radius 1 is 1.44 bits per heavy atom. The van der Waals surface area contributed by atoms with Crippen LogP contribution in [0.25, 0.3) is 6.08 Å². The van der Waals surface area contributed by atoms with E-state index in [1.165, 1.54) is 0 Å². The van der Waals surface area contributed by atoms with Crippen LogP contribution in [0.4, 0.5) is 0 Å². The first-order valence-corrected chi connectivity index (χ1v) is 8.73. The van der Waals surface area contributed by atoms with E-state index in [2.05, 4.69) is 9.55 Å². The third-order valence-corrected chi connectivity index (χ3v) is 4.74. The Kier molecular flexibility index (Phi) is 5.53. The summed E-state index contributed by atoms with van der Waals surface area (Å²) in [5.74, 6) is 2.44. The van der Waals surface area contributed by atoms with Crippen LogP contribution in [0.1, 0.15) is 24.2 Å². The van der Waals surface area contributed by atoms with Crippen molar-refractivity contribution >= 4 is 12.0 Å². The van der Waals surface area contributed by atoms with Crippen molar-refractivity contribution in [2.24, 2.45) is 13.0 Å². The zero-order valence-corrected chi connectivity index (χ0v) is 14.9. The highest BCUT2D eigenvalue weighted by Gasteiger charge is 2.23. The molecule has 0 bridgehead atoms. The lowest BCUT2D eigenvalue weighted by Gasteiger charge is -2.32. The van der Waals surface area contributed by atoms with Crippen LogP contribution in [0, 0.1) is 5.92 Å². The van der Waals surface area contributed by atoms with Gasteiger partial charge >= 0.3 is 0 Å². The van der Waals surface area contributed by atoms with Gasteiger partial charge in [-0.05, 0) is 42.5 Å². The minimum absolute atomic E-state index is 0.0763. The Morgan fingerprint density at radius 2 is 2.32 bits per heavy atom. The number of aryl methyl sites for hydroxylation is 1. The topological polar surface area (TPSA) is 47.4 Å². The largest absolute Gasteiger partial charge is 0.497 e. The number of amides is 1. The summed E-state index contributed by atoms with van der Waals surface area (Å²) in [6.45, 7) is 1.63. The summed E-state index contributed by atoms with van der Waals surface area (Å²) in [6, 6.07) is 7.70. The van der Waals surface area contributed by atoms with Crippen LogP contribution in [-0.2, 0) is 18.3 Å². The number of piperidine rings is 1. The number of carbonyl (C=O) groups excluding carboxylic acids is 1. The number of ether oxygens (including phenoxy) is 1. The van der Waals surface area contributed by atoms with Gasteiger partial charge in [0.05, 0.1) is 7.11 Å². The predicted molar refractivity (Wildman–Crippen MR) is 98.2 cm³/mol. The summed E-state index contributed by atoms with van der Waals surface area (Å²) < 4.78 is 7.27. The minimum Gasteiger partial charge on any atom is -0.497 e. The van der Waals surface area contributed by atoms with Crippen LogP contribution < -0.4 is 4.74 Å². The number of rotatable bonds is 5. The Balaban J connectivity index is 1.59. The molecule has 0 N–H and O–H groups in total. The van der Waals surface area contributed by atoms with Crippen molar-refractivity contribution in [1.82, 2.24) is 14.5 Å². The second-order valence-electron chi connectivity index (χ2n) is 6.56. The minimum atomic E-state index is 0.0763. The number of carbonyl (C=O) groups is 1. The first kappa shape index (κ1) is 17.3. The van der Waals surface area contributed by atoms with Gasteiger partial charge in [-0.2, -0.15) is 0 Å². The molecule has 1 aromatic heterocycles. The summed E-state index contributed by atoms with van der Waals surface area (Å²) in [4.78, 5) is 18.9. The molecule has 2 aromatic rings. The van der Waals surface area contributed by atoms with Crippen molar-refractivity contribution < 1.29 is 9.53 Å². The number of imidazole rings is 1. The molecule has 132 valence electrons. The van der Waals surface area contributed by atoms with Crippen LogP contribution in [0.3, 0.4) is 0 Å². The Hall–Kier alpha value is -2.56. The number of likely N-dealkylation sites (tertiary alicyclic amines) is 1. The number of hydrogen-bond acceptors (Lipinski definition) is 3. The third-order valence-electron chi connectivity index (χ3n) is 4.74. The molecule has 2 heterocycles. The maximum absolute atomic E-state index is 12.5. The van der Waals surface area contributed by atoms with Crippen molar-refractivity contribution in [2.75, 3.05) is 20.2 Å². The molecule has 3 rings (SSSR count). The molecule has 1 atom stereocenters. The van der Waals surface area contributed by atoms with Gasteiger partial charge in [0.1, 0.15) is 11.6 Å². The van der Waals surface area contributed by atoms with E-state index in [0.717, 1.165) is 49.5 Å². The molecular weight excluding hydrogens is 314 g/mol. The molecule has 5 nitrogen and oxygen atoms in total. The summed E-state index contributed by atoms with van der Waals surface area (Å²) in [5.41, 5.74) is 0.967. The molecule has 1 unspecified atom stereocenters. The maximum Gasteiger partial charge on any atom is 0.246 e. The number of aromatic nitrogens is 2. The van der Waals surface area contributed by atoms with Crippen LogP contribution in [0.5, 0.6) is 5.75 Å². The van der Waals surface area contributed by atoms with E-state index in [0.29, 0.717) is 5.92 Å². The van der Waals surface area contributed by atoms with Crippen molar-refractivity contribution in [1.29, 1.82) is 0 Å². The van der Waals surface area contributed by atoms with Crippen molar-refractivity contribution in [2.45, 2.75) is 19.3 Å². The monoisotopic (exact) mass is 339 g/mol. The van der Waals surface area contributed by atoms with E-state index >= 15 is 0 Å². The quantitative estimate of drug-likeness (QED) is 0.787. The number of nitrogens with zero attached hydrogens (tertiary/aromatic N) is 3. The molecule has 1 saturated heterocycles. The average Bonchev–Trinajstić information content (AvgIpc) is 3.05. The zero-order valence-electron chi connectivity index (χ0n) is 14.9. The van der Waals surface area contributed by atoms with Gasteiger partial charge in [0.2, 0.25) is 5.91 Å². The molecule has 0 radical (unpaired) electrons. The first-order chi connectivity index (χ1) is 12.2. The van der Waals surface area contributed by atoms with Crippen LogP contribution in [-0.4, -0.2) is 40.6 Å². The third kappa shape index (κ3) is 4.50. The van der Waals surface area contributed by atoms with E-state index in [4.69, 9.17) is 4.74 Å². The van der Waals surface area contributed by atoms with Gasteiger partial charge in [-0.15, -0.1) is 0 Å². The van der Waals surface area contributed by atoms with E-state index < -0.39 is 0 Å². The highest BCUT2D eigenvalue weighted by Crippen LogP contribution is 2.21. The predicted octanol–water partition coefficient (Wildman–Crippen LogP) is 2.92. The van der Waals surface area contributed by atoms with Gasteiger partial charge in [0.15, 0.2) is 0 Å². The van der Waals surface area contributed by atoms with Crippen molar-refractivity contribution in [3.63, 3.8) is 0 Å². The summed E-state index contributed by atoms with van der Waals surface area (Å²) in [7, 11) is 3.66. The van der Waals surface area contributed by atoms with Gasteiger partial charge < -0.3 is 14.2 Å². The molecule has 1 aromatic carbocycles. The van der Waals surface area contributed by atoms with Gasteiger partial charge in [0.25, 0.3) is 0 Å². The molecule has 0 saturated carbocycles. The second kappa shape index (κ2) is 8.01. The van der Waals surface area contributed by atoms with Crippen LogP contribution >= 0.6 is 0 Å². The fourth-order valence-corrected chi connectivity index (χ4v) is 3.30. The lowest BCUT2D eigenvalue weighted by Crippen LogP contribution is -2.39. The zero-order chi connectivity index (χ0) is 17.6. The Bertz CT molecular complexity index is 751. The van der Waals surface area contributed by atoms with Gasteiger partial charge in [-0.3, -0.25) is 4.79 Å². The van der Waals surface area contributed by atoms with E-state index in [9.17, 15) is 4.79 Å². The van der Waals surface area contributed by atoms with E-state index in [1.807, 2.05) is 54.7 Å². The highest BCUT2D eigenvalue weighted by molar-refractivity contribution is 5.91. The lowest BCUT2D eigenvalue weighted by molar-refractivity contribution is -0.127. The summed E-state index contributed by atoms with van der Waals surface area (Å²) >= 11 is 0. The number of benzene rings is 1. The van der Waals surface area contributed by atoms with Crippen LogP contribution in [0.2, 0.25) is 0 Å². The second-order valence-corrected chi connectivity index (χ2v) is 6.56.